The highest BCUT2D eigenvalue weighted by molar-refractivity contribution is 14.1. The summed E-state index contributed by atoms with van der Waals surface area (Å²) in [6.07, 6.45) is 0. The Morgan fingerprint density at radius 2 is 1.27 bits per heavy atom. The molecule has 2 aromatic rings. The molecular formula is C22H36INO2. The topological polar surface area (TPSA) is 38.3 Å². The van der Waals surface area contributed by atoms with Crippen molar-refractivity contribution in [2.45, 2.75) is 55.4 Å². The molecule has 1 N–H and O–H groups in total. The van der Waals surface area contributed by atoms with Gasteiger partial charge in [0.05, 0.1) is 18.4 Å². The van der Waals surface area contributed by atoms with Crippen LogP contribution in [0, 0.1) is 3.57 Å². The number of hydrogen-bond acceptors (Lipinski definition) is 3. The van der Waals surface area contributed by atoms with Crippen molar-refractivity contribution in [3.05, 3.63) is 57.7 Å². The Hall–Kier alpha value is -1.56. The Labute approximate surface area is 174 Å². The molecule has 26 heavy (non-hydrogen) atoms. The lowest BCUT2D eigenvalue weighted by Crippen LogP contribution is -2.05. The maximum absolute atomic E-state index is 11.6. The van der Waals surface area contributed by atoms with Gasteiger partial charge in [0, 0.05) is 9.26 Å². The van der Waals surface area contributed by atoms with Gasteiger partial charge >= 0.3 is 5.97 Å². The molecule has 0 bridgehead atoms. The van der Waals surface area contributed by atoms with Crippen LogP contribution in [0.1, 0.15) is 65.7 Å². The number of nitrogens with one attached hydrogen (secondary N) is 1. The smallest absolute Gasteiger partial charge is 0.339 e. The molecule has 0 unspecified atom stereocenters. The first-order chi connectivity index (χ1) is 12.7. The van der Waals surface area contributed by atoms with Crippen LogP contribution in [0.3, 0.4) is 0 Å². The van der Waals surface area contributed by atoms with Crippen molar-refractivity contribution >= 4 is 39.9 Å². The van der Waals surface area contributed by atoms with Gasteiger partial charge < -0.3 is 10.1 Å². The summed E-state index contributed by atoms with van der Waals surface area (Å²) in [5.74, 6) is -0.344. The Balaban J connectivity index is -0.000000585. The van der Waals surface area contributed by atoms with Crippen LogP contribution in [0.2, 0.25) is 0 Å². The summed E-state index contributed by atoms with van der Waals surface area (Å²) in [5.41, 5.74) is 2.20. The Morgan fingerprint density at radius 1 is 0.808 bits per heavy atom. The van der Waals surface area contributed by atoms with Crippen molar-refractivity contribution in [1.29, 1.82) is 0 Å². The molecule has 2 aromatic carbocycles. The molecule has 0 fully saturated rings. The van der Waals surface area contributed by atoms with E-state index < -0.39 is 0 Å². The number of carbonyl (C=O) groups is 1. The molecule has 0 aliphatic heterocycles. The van der Waals surface area contributed by atoms with Crippen LogP contribution in [-0.2, 0) is 4.74 Å². The average molecular weight is 473 g/mol. The standard InChI is InChI=1S/C14H12INO2.4C2H6/c1-18-14(17)12-4-2-3-5-13(12)16-11-8-6-10(15)7-9-11;4*1-2/h2-9,16H,1H3;4*1-2H3. The summed E-state index contributed by atoms with van der Waals surface area (Å²) in [5, 5.41) is 3.21. The zero-order chi connectivity index (χ0) is 21.0. The maximum atomic E-state index is 11.6. The van der Waals surface area contributed by atoms with E-state index in [1.807, 2.05) is 97.9 Å². The molecule has 0 aliphatic rings. The fraction of sp³-hybridized carbons (Fsp3) is 0.409. The highest BCUT2D eigenvalue weighted by Gasteiger charge is 2.10. The summed E-state index contributed by atoms with van der Waals surface area (Å²) < 4.78 is 5.92. The number of benzene rings is 2. The van der Waals surface area contributed by atoms with Crippen molar-refractivity contribution in [3.8, 4) is 0 Å². The zero-order valence-corrected chi connectivity index (χ0v) is 20.0. The minimum absolute atomic E-state index is 0.344. The predicted molar refractivity (Wildman–Crippen MR) is 126 cm³/mol. The van der Waals surface area contributed by atoms with Crippen LogP contribution < -0.4 is 5.32 Å². The Kier molecular flexibility index (Phi) is 24.1. The molecule has 2 rings (SSSR count). The lowest BCUT2D eigenvalue weighted by Gasteiger charge is -2.10. The summed E-state index contributed by atoms with van der Waals surface area (Å²) in [7, 11) is 1.38. The monoisotopic (exact) mass is 473 g/mol. The lowest BCUT2D eigenvalue weighted by atomic mass is 10.1. The third-order valence-electron chi connectivity index (χ3n) is 2.46. The van der Waals surface area contributed by atoms with Gasteiger partial charge in [-0.15, -0.1) is 0 Å². The molecule has 0 amide bonds. The van der Waals surface area contributed by atoms with Gasteiger partial charge in [0.25, 0.3) is 0 Å². The first-order valence-electron chi connectivity index (χ1n) is 9.40. The highest BCUT2D eigenvalue weighted by atomic mass is 127. The molecule has 0 saturated carbocycles. The van der Waals surface area contributed by atoms with E-state index in [4.69, 9.17) is 4.74 Å². The minimum Gasteiger partial charge on any atom is -0.465 e. The first kappa shape index (κ1) is 29.2. The number of halogens is 1. The molecule has 0 atom stereocenters. The number of carbonyl (C=O) groups excluding carboxylic acids is 1. The lowest BCUT2D eigenvalue weighted by molar-refractivity contribution is 0.0602. The maximum Gasteiger partial charge on any atom is 0.339 e. The van der Waals surface area contributed by atoms with E-state index in [0.29, 0.717) is 5.56 Å². The number of rotatable bonds is 3. The molecule has 0 heterocycles. The summed E-state index contributed by atoms with van der Waals surface area (Å²) in [6, 6.07) is 15.2. The largest absolute Gasteiger partial charge is 0.465 e. The highest BCUT2D eigenvalue weighted by Crippen LogP contribution is 2.22. The minimum atomic E-state index is -0.344. The fourth-order valence-corrected chi connectivity index (χ4v) is 1.93. The van der Waals surface area contributed by atoms with Gasteiger partial charge in [-0.1, -0.05) is 67.5 Å². The average Bonchev–Trinajstić information content (AvgIpc) is 2.75. The van der Waals surface area contributed by atoms with Crippen LogP contribution in [0.4, 0.5) is 11.4 Å². The number of ether oxygens (including phenoxy) is 1. The van der Waals surface area contributed by atoms with E-state index in [-0.39, 0.29) is 5.97 Å². The van der Waals surface area contributed by atoms with Gasteiger partial charge in [-0.25, -0.2) is 4.79 Å². The van der Waals surface area contributed by atoms with Crippen LogP contribution in [0.15, 0.2) is 48.5 Å². The molecule has 0 aliphatic carbocycles. The second-order valence-corrected chi connectivity index (χ2v) is 4.91. The Morgan fingerprint density at radius 3 is 1.73 bits per heavy atom. The summed E-state index contributed by atoms with van der Waals surface area (Å²) in [6.45, 7) is 16.0. The number of para-hydroxylation sites is 1. The van der Waals surface area contributed by atoms with Gasteiger partial charge in [-0.3, -0.25) is 0 Å². The molecule has 4 heteroatoms. The summed E-state index contributed by atoms with van der Waals surface area (Å²) in [4.78, 5) is 11.6. The second-order valence-electron chi connectivity index (χ2n) is 3.67. The predicted octanol–water partition coefficient (Wildman–Crippen LogP) is 7.93. The number of esters is 1. The van der Waals surface area contributed by atoms with Crippen LogP contribution in [-0.4, -0.2) is 13.1 Å². The molecule has 0 spiro atoms. The normalized spacial score (nSPS) is 7.77. The van der Waals surface area contributed by atoms with Gasteiger partial charge in [0.1, 0.15) is 0 Å². The van der Waals surface area contributed by atoms with Crippen molar-refractivity contribution in [1.82, 2.24) is 0 Å². The molecular weight excluding hydrogens is 437 g/mol. The number of methoxy groups -OCH3 is 1. The van der Waals surface area contributed by atoms with Crippen molar-refractivity contribution in [2.75, 3.05) is 12.4 Å². The van der Waals surface area contributed by atoms with Crippen LogP contribution in [0.5, 0.6) is 0 Å². The molecule has 0 aromatic heterocycles. The molecule has 148 valence electrons. The third-order valence-corrected chi connectivity index (χ3v) is 3.17. The molecule has 0 radical (unpaired) electrons. The Bertz CT molecular complexity index is 554. The number of hydrogen-bond donors (Lipinski definition) is 1. The van der Waals surface area contributed by atoms with Crippen LogP contribution in [0.25, 0.3) is 0 Å². The van der Waals surface area contributed by atoms with Crippen molar-refractivity contribution < 1.29 is 9.53 Å². The van der Waals surface area contributed by atoms with E-state index in [9.17, 15) is 4.79 Å². The number of anilines is 2. The SMILES string of the molecule is CC.CC.CC.CC.COC(=O)c1ccccc1Nc1ccc(I)cc1. The van der Waals surface area contributed by atoms with E-state index >= 15 is 0 Å². The summed E-state index contributed by atoms with van der Waals surface area (Å²) >= 11 is 2.25. The van der Waals surface area contributed by atoms with E-state index in [2.05, 4.69) is 27.9 Å². The zero-order valence-electron chi connectivity index (χ0n) is 17.8. The fourth-order valence-electron chi connectivity index (χ4n) is 1.57. The molecule has 0 saturated heterocycles. The third kappa shape index (κ3) is 11.9. The van der Waals surface area contributed by atoms with E-state index in [1.165, 1.54) is 10.7 Å². The first-order valence-corrected chi connectivity index (χ1v) is 10.5. The molecule has 3 nitrogen and oxygen atoms in total. The van der Waals surface area contributed by atoms with E-state index in [1.54, 1.807) is 6.07 Å². The van der Waals surface area contributed by atoms with E-state index in [0.717, 1.165) is 11.4 Å². The van der Waals surface area contributed by atoms with Gasteiger partial charge in [-0.05, 0) is 59.0 Å². The van der Waals surface area contributed by atoms with Crippen molar-refractivity contribution in [2.24, 2.45) is 0 Å². The quantitative estimate of drug-likeness (QED) is 0.363. The van der Waals surface area contributed by atoms with Crippen molar-refractivity contribution in [3.63, 3.8) is 0 Å². The van der Waals surface area contributed by atoms with Gasteiger partial charge in [0.2, 0.25) is 0 Å². The van der Waals surface area contributed by atoms with Crippen LogP contribution >= 0.6 is 22.6 Å². The second kappa shape index (κ2) is 21.5. The van der Waals surface area contributed by atoms with Gasteiger partial charge in [-0.2, -0.15) is 0 Å². The van der Waals surface area contributed by atoms with Gasteiger partial charge in [0.15, 0.2) is 0 Å².